The molecule has 4 heteroatoms. The molecule has 1 aliphatic rings. The van der Waals surface area contributed by atoms with Gasteiger partial charge in [-0.3, -0.25) is 4.79 Å². The van der Waals surface area contributed by atoms with Crippen molar-refractivity contribution in [3.05, 3.63) is 29.8 Å². The largest absolute Gasteiger partial charge is 0.335 e. The van der Waals surface area contributed by atoms with Crippen LogP contribution in [0.5, 0.6) is 0 Å². The lowest BCUT2D eigenvalue weighted by atomic mass is 9.97. The van der Waals surface area contributed by atoms with Crippen LogP contribution in [-0.2, 0) is 0 Å². The Labute approximate surface area is 126 Å². The molecule has 4 nitrogen and oxygen atoms in total. The normalized spacial score (nSPS) is 22.2. The third-order valence-electron chi connectivity index (χ3n) is 4.20. The fourth-order valence-corrected chi connectivity index (χ4v) is 2.86. The lowest BCUT2D eigenvalue weighted by Crippen LogP contribution is -2.41. The maximum Gasteiger partial charge on any atom is 0.319 e. The van der Waals surface area contributed by atoms with Gasteiger partial charge in [-0.25, -0.2) is 4.79 Å². The molecule has 0 heterocycles. The predicted octanol–water partition coefficient (Wildman–Crippen LogP) is 3.98. The van der Waals surface area contributed by atoms with Gasteiger partial charge >= 0.3 is 6.03 Å². The topological polar surface area (TPSA) is 58.2 Å². The van der Waals surface area contributed by atoms with Crippen LogP contribution in [0.25, 0.3) is 0 Å². The Morgan fingerprint density at radius 1 is 1.14 bits per heavy atom. The zero-order valence-corrected chi connectivity index (χ0v) is 12.8. The number of amides is 2. The fourth-order valence-electron chi connectivity index (χ4n) is 2.86. The second-order valence-electron chi connectivity index (χ2n) is 5.96. The SMILES string of the molecule is CC(=O)c1cccc(NC(=O)NC2CCCCCC2C)c1. The maximum absolute atomic E-state index is 12.1. The number of Topliss-reactive ketones (excluding diaryl/α,β-unsaturated/α-hetero) is 1. The van der Waals surface area contributed by atoms with Crippen LogP contribution in [0.2, 0.25) is 0 Å². The van der Waals surface area contributed by atoms with Crippen molar-refractivity contribution in [1.29, 1.82) is 0 Å². The van der Waals surface area contributed by atoms with E-state index in [1.165, 1.54) is 32.6 Å². The Kier molecular flexibility index (Phi) is 5.37. The molecular formula is C17H24N2O2. The number of rotatable bonds is 3. The van der Waals surface area contributed by atoms with Gasteiger partial charge < -0.3 is 10.6 Å². The van der Waals surface area contributed by atoms with Gasteiger partial charge in [-0.2, -0.15) is 0 Å². The molecule has 1 aromatic rings. The molecule has 2 unspecified atom stereocenters. The second kappa shape index (κ2) is 7.25. The smallest absolute Gasteiger partial charge is 0.319 e. The van der Waals surface area contributed by atoms with Gasteiger partial charge in [0.25, 0.3) is 0 Å². The van der Waals surface area contributed by atoms with Crippen molar-refractivity contribution in [2.45, 2.75) is 52.0 Å². The standard InChI is InChI=1S/C17H24N2O2/c1-12-7-4-3-5-10-16(12)19-17(21)18-15-9-6-8-14(11-15)13(2)20/h6,8-9,11-12,16H,3-5,7,10H2,1-2H3,(H2,18,19,21). The lowest BCUT2D eigenvalue weighted by molar-refractivity contribution is 0.101. The van der Waals surface area contributed by atoms with Crippen LogP contribution < -0.4 is 10.6 Å². The third kappa shape index (κ3) is 4.59. The molecule has 0 aliphatic heterocycles. The van der Waals surface area contributed by atoms with Crippen LogP contribution in [0.4, 0.5) is 10.5 Å². The first-order valence-corrected chi connectivity index (χ1v) is 7.75. The molecule has 21 heavy (non-hydrogen) atoms. The molecule has 114 valence electrons. The Morgan fingerprint density at radius 3 is 2.67 bits per heavy atom. The molecular weight excluding hydrogens is 264 g/mol. The molecule has 2 atom stereocenters. The predicted molar refractivity (Wildman–Crippen MR) is 84.6 cm³/mol. The molecule has 0 radical (unpaired) electrons. The number of hydrogen-bond donors (Lipinski definition) is 2. The van der Waals surface area contributed by atoms with Crippen LogP contribution >= 0.6 is 0 Å². The minimum absolute atomic E-state index is 0.00329. The minimum atomic E-state index is -0.186. The van der Waals surface area contributed by atoms with Crippen molar-refractivity contribution in [3.63, 3.8) is 0 Å². The highest BCUT2D eigenvalue weighted by Gasteiger charge is 2.21. The highest BCUT2D eigenvalue weighted by molar-refractivity contribution is 5.96. The van der Waals surface area contributed by atoms with Crippen molar-refractivity contribution < 1.29 is 9.59 Å². The average Bonchev–Trinajstić information content (AvgIpc) is 2.64. The summed E-state index contributed by atoms with van der Waals surface area (Å²) in [5.74, 6) is 0.512. The number of benzene rings is 1. The van der Waals surface area contributed by atoms with Crippen LogP contribution in [0.3, 0.4) is 0 Å². The summed E-state index contributed by atoms with van der Waals surface area (Å²) in [5, 5.41) is 5.89. The highest BCUT2D eigenvalue weighted by Crippen LogP contribution is 2.23. The van der Waals surface area contributed by atoms with Gasteiger partial charge in [-0.1, -0.05) is 38.3 Å². The molecule has 1 aromatic carbocycles. The molecule has 1 saturated carbocycles. The van der Waals surface area contributed by atoms with Gasteiger partial charge in [0.05, 0.1) is 0 Å². The lowest BCUT2D eigenvalue weighted by Gasteiger charge is -2.23. The molecule has 1 aliphatic carbocycles. The molecule has 0 spiro atoms. The van der Waals surface area contributed by atoms with Crippen LogP contribution in [0, 0.1) is 5.92 Å². The van der Waals surface area contributed by atoms with E-state index in [-0.39, 0.29) is 17.9 Å². The van der Waals surface area contributed by atoms with E-state index in [0.29, 0.717) is 17.2 Å². The number of hydrogen-bond acceptors (Lipinski definition) is 2. The van der Waals surface area contributed by atoms with Crippen molar-refractivity contribution in [1.82, 2.24) is 5.32 Å². The summed E-state index contributed by atoms with van der Waals surface area (Å²) in [6.07, 6.45) is 5.90. The van der Waals surface area contributed by atoms with Gasteiger partial charge in [0.2, 0.25) is 0 Å². The summed E-state index contributed by atoms with van der Waals surface area (Å²) in [4.78, 5) is 23.5. The number of carbonyl (C=O) groups is 2. The first-order chi connectivity index (χ1) is 10.1. The van der Waals surface area contributed by atoms with Gasteiger partial charge in [-0.15, -0.1) is 0 Å². The molecule has 0 bridgehead atoms. The van der Waals surface area contributed by atoms with Crippen molar-refractivity contribution >= 4 is 17.5 Å². The molecule has 2 rings (SSSR count). The first kappa shape index (κ1) is 15.5. The van der Waals surface area contributed by atoms with Gasteiger partial charge in [0.15, 0.2) is 5.78 Å². The molecule has 2 N–H and O–H groups in total. The van der Waals surface area contributed by atoms with E-state index in [2.05, 4.69) is 17.6 Å². The zero-order valence-electron chi connectivity index (χ0n) is 12.8. The van der Waals surface area contributed by atoms with Crippen molar-refractivity contribution in [2.75, 3.05) is 5.32 Å². The van der Waals surface area contributed by atoms with Crippen LogP contribution in [-0.4, -0.2) is 17.9 Å². The number of nitrogens with one attached hydrogen (secondary N) is 2. The minimum Gasteiger partial charge on any atom is -0.335 e. The summed E-state index contributed by atoms with van der Waals surface area (Å²) in [7, 11) is 0. The summed E-state index contributed by atoms with van der Waals surface area (Å²) >= 11 is 0. The Balaban J connectivity index is 1.94. The van der Waals surface area contributed by atoms with E-state index < -0.39 is 0 Å². The van der Waals surface area contributed by atoms with E-state index >= 15 is 0 Å². The zero-order chi connectivity index (χ0) is 15.2. The van der Waals surface area contributed by atoms with Gasteiger partial charge in [-0.05, 0) is 37.8 Å². The number of carbonyl (C=O) groups excluding carboxylic acids is 2. The Hall–Kier alpha value is -1.84. The monoisotopic (exact) mass is 288 g/mol. The molecule has 1 fully saturated rings. The van der Waals surface area contributed by atoms with E-state index in [1.54, 1.807) is 24.3 Å². The van der Waals surface area contributed by atoms with Crippen LogP contribution in [0.1, 0.15) is 56.3 Å². The van der Waals surface area contributed by atoms with Crippen molar-refractivity contribution in [3.8, 4) is 0 Å². The highest BCUT2D eigenvalue weighted by atomic mass is 16.2. The maximum atomic E-state index is 12.1. The number of urea groups is 1. The Bertz CT molecular complexity index is 513. The van der Waals surface area contributed by atoms with Gasteiger partial charge in [0, 0.05) is 17.3 Å². The summed E-state index contributed by atoms with van der Waals surface area (Å²) in [6, 6.07) is 7.08. The number of ketones is 1. The van der Waals surface area contributed by atoms with Gasteiger partial charge in [0.1, 0.15) is 0 Å². The average molecular weight is 288 g/mol. The molecule has 0 saturated heterocycles. The van der Waals surface area contributed by atoms with Crippen LogP contribution in [0.15, 0.2) is 24.3 Å². The first-order valence-electron chi connectivity index (χ1n) is 7.75. The molecule has 0 aromatic heterocycles. The fraction of sp³-hybridized carbons (Fsp3) is 0.529. The number of anilines is 1. The van der Waals surface area contributed by atoms with E-state index in [1.807, 2.05) is 0 Å². The summed E-state index contributed by atoms with van der Waals surface area (Å²) < 4.78 is 0. The second-order valence-corrected chi connectivity index (χ2v) is 5.96. The summed E-state index contributed by atoms with van der Waals surface area (Å²) in [5.41, 5.74) is 1.26. The van der Waals surface area contributed by atoms with E-state index in [4.69, 9.17) is 0 Å². The third-order valence-corrected chi connectivity index (χ3v) is 4.20. The Morgan fingerprint density at radius 2 is 1.90 bits per heavy atom. The molecule has 2 amide bonds. The quantitative estimate of drug-likeness (QED) is 0.653. The van der Waals surface area contributed by atoms with Crippen molar-refractivity contribution in [2.24, 2.45) is 5.92 Å². The summed E-state index contributed by atoms with van der Waals surface area (Å²) in [6.45, 7) is 3.72. The van der Waals surface area contributed by atoms with E-state index in [9.17, 15) is 9.59 Å². The van der Waals surface area contributed by atoms with E-state index in [0.717, 1.165) is 6.42 Å².